The fourth-order valence-corrected chi connectivity index (χ4v) is 3.54. The highest BCUT2D eigenvalue weighted by molar-refractivity contribution is 9.10. The van der Waals surface area contributed by atoms with E-state index in [1.807, 2.05) is 16.3 Å². The van der Waals surface area contributed by atoms with Crippen LogP contribution >= 0.6 is 27.7 Å². The predicted molar refractivity (Wildman–Crippen MR) is 108 cm³/mol. The summed E-state index contributed by atoms with van der Waals surface area (Å²) in [6.07, 6.45) is 1.74. The van der Waals surface area contributed by atoms with Crippen LogP contribution in [0.15, 0.2) is 45.0 Å². The Morgan fingerprint density at radius 3 is 2.64 bits per heavy atom. The highest BCUT2D eigenvalue weighted by Crippen LogP contribution is 2.32. The lowest BCUT2D eigenvalue weighted by Crippen LogP contribution is -2.43. The number of guanidine groups is 1. The molecular weight excluding hydrogens is 400 g/mol. The summed E-state index contributed by atoms with van der Waals surface area (Å²) < 4.78 is 3.12. The molecule has 0 unspecified atom stereocenters. The van der Waals surface area contributed by atoms with Gasteiger partial charge in [-0.25, -0.2) is 0 Å². The molecule has 0 aliphatic heterocycles. The molecule has 0 saturated heterocycles. The van der Waals surface area contributed by atoms with E-state index in [0.29, 0.717) is 6.54 Å². The maximum Gasteiger partial charge on any atom is 0.191 e. The first-order chi connectivity index (χ1) is 11.9. The highest BCUT2D eigenvalue weighted by Gasteiger charge is 2.20. The van der Waals surface area contributed by atoms with Gasteiger partial charge in [0.15, 0.2) is 11.8 Å². The molecule has 25 heavy (non-hydrogen) atoms. The van der Waals surface area contributed by atoms with E-state index < -0.39 is 0 Å². The molecule has 0 bridgehead atoms. The molecule has 2 N–H and O–H groups in total. The third kappa shape index (κ3) is 6.36. The zero-order chi connectivity index (χ0) is 18.3. The minimum Gasteiger partial charge on any atom is -0.355 e. The number of halogens is 1. The Kier molecular flexibility index (Phi) is 7.31. The summed E-state index contributed by atoms with van der Waals surface area (Å²) in [5.41, 5.74) is 0. The zero-order valence-corrected chi connectivity index (χ0v) is 17.5. The monoisotopic (exact) mass is 424 g/mol. The van der Waals surface area contributed by atoms with E-state index in [0.717, 1.165) is 29.3 Å². The van der Waals surface area contributed by atoms with E-state index in [9.17, 15) is 0 Å². The van der Waals surface area contributed by atoms with Gasteiger partial charge in [-0.1, -0.05) is 15.9 Å². The average molecular weight is 425 g/mol. The molecule has 6 nitrogen and oxygen atoms in total. The Labute approximate surface area is 162 Å². The van der Waals surface area contributed by atoms with Crippen LogP contribution in [0.4, 0.5) is 0 Å². The summed E-state index contributed by atoms with van der Waals surface area (Å²) in [4.78, 5) is 5.53. The summed E-state index contributed by atoms with van der Waals surface area (Å²) in [5.74, 6) is 1.66. The summed E-state index contributed by atoms with van der Waals surface area (Å²) in [5, 5.41) is 14.7. The Balaban J connectivity index is 1.85. The van der Waals surface area contributed by atoms with Crippen molar-refractivity contribution in [2.75, 3.05) is 13.6 Å². The summed E-state index contributed by atoms with van der Waals surface area (Å²) in [6.45, 7) is 8.73. The molecule has 2 rings (SSSR count). The number of nitrogens with one attached hydrogen (secondary N) is 2. The van der Waals surface area contributed by atoms with Gasteiger partial charge in [-0.15, -0.1) is 22.0 Å². The summed E-state index contributed by atoms with van der Waals surface area (Å²) >= 11 is 5.31. The molecule has 0 aliphatic carbocycles. The van der Waals surface area contributed by atoms with Gasteiger partial charge in [-0.3, -0.25) is 4.99 Å². The van der Waals surface area contributed by atoms with Crippen LogP contribution in [-0.4, -0.2) is 39.1 Å². The van der Waals surface area contributed by atoms with Crippen LogP contribution in [0.2, 0.25) is 0 Å². The van der Waals surface area contributed by atoms with E-state index in [1.54, 1.807) is 13.4 Å². The SMILES string of the molecule is CCn1cnnc1CNC(=NC)NCC(C)(C)Sc1ccc(Br)cc1. The molecule has 8 heteroatoms. The number of thioether (sulfide) groups is 1. The third-order valence-corrected chi connectivity index (χ3v) is 5.30. The van der Waals surface area contributed by atoms with E-state index in [4.69, 9.17) is 0 Å². The van der Waals surface area contributed by atoms with Crippen molar-refractivity contribution in [3.05, 3.63) is 40.9 Å². The van der Waals surface area contributed by atoms with Crippen LogP contribution in [0.25, 0.3) is 0 Å². The van der Waals surface area contributed by atoms with Crippen molar-refractivity contribution in [3.63, 3.8) is 0 Å². The first kappa shape index (κ1) is 19.8. The lowest BCUT2D eigenvalue weighted by molar-refractivity contribution is 0.644. The molecule has 0 spiro atoms. The number of aliphatic imine (C=N–C) groups is 1. The molecule has 1 aromatic heterocycles. The molecule has 0 atom stereocenters. The molecule has 0 amide bonds. The van der Waals surface area contributed by atoms with Gasteiger partial charge in [-0.05, 0) is 45.0 Å². The Bertz CT molecular complexity index is 695. The van der Waals surface area contributed by atoms with Crippen molar-refractivity contribution >= 4 is 33.7 Å². The summed E-state index contributed by atoms with van der Waals surface area (Å²) in [7, 11) is 1.77. The van der Waals surface area contributed by atoms with Crippen molar-refractivity contribution < 1.29 is 0 Å². The Morgan fingerprint density at radius 1 is 1.28 bits per heavy atom. The number of nitrogens with zero attached hydrogens (tertiary/aromatic N) is 4. The van der Waals surface area contributed by atoms with Crippen LogP contribution in [0.1, 0.15) is 26.6 Å². The minimum absolute atomic E-state index is 0.0227. The number of aryl methyl sites for hydroxylation is 1. The molecule has 0 radical (unpaired) electrons. The standard InChI is InChI=1S/C17H25BrN6S/c1-5-24-12-22-23-15(24)10-20-16(19-4)21-11-17(2,3)25-14-8-6-13(18)7-9-14/h6-9,12H,5,10-11H2,1-4H3,(H2,19,20,21). The quantitative estimate of drug-likeness (QED) is 0.405. The maximum atomic E-state index is 4.29. The van der Waals surface area contributed by atoms with Crippen molar-refractivity contribution in [2.24, 2.45) is 4.99 Å². The van der Waals surface area contributed by atoms with Gasteiger partial charge >= 0.3 is 0 Å². The van der Waals surface area contributed by atoms with Crippen molar-refractivity contribution in [1.82, 2.24) is 25.4 Å². The molecule has 0 saturated carbocycles. The molecule has 1 heterocycles. The second-order valence-corrected chi connectivity index (χ2v) is 8.82. The minimum atomic E-state index is 0.0227. The molecule has 0 aliphatic rings. The van der Waals surface area contributed by atoms with Crippen molar-refractivity contribution in [2.45, 2.75) is 43.5 Å². The number of benzene rings is 1. The number of hydrogen-bond acceptors (Lipinski definition) is 4. The Morgan fingerprint density at radius 2 is 2.00 bits per heavy atom. The smallest absolute Gasteiger partial charge is 0.191 e. The summed E-state index contributed by atoms with van der Waals surface area (Å²) in [6, 6.07) is 8.38. The van der Waals surface area contributed by atoms with Gasteiger partial charge in [0, 0.05) is 34.3 Å². The van der Waals surface area contributed by atoms with Crippen LogP contribution in [0.3, 0.4) is 0 Å². The van der Waals surface area contributed by atoms with Crippen molar-refractivity contribution in [1.29, 1.82) is 0 Å². The zero-order valence-electron chi connectivity index (χ0n) is 15.1. The van der Waals surface area contributed by atoms with E-state index in [-0.39, 0.29) is 4.75 Å². The number of aromatic nitrogens is 3. The first-order valence-corrected chi connectivity index (χ1v) is 9.80. The number of hydrogen-bond donors (Lipinski definition) is 2. The molecule has 1 aromatic carbocycles. The Hall–Kier alpha value is -1.54. The third-order valence-electron chi connectivity index (χ3n) is 3.56. The van der Waals surface area contributed by atoms with Gasteiger partial charge in [0.25, 0.3) is 0 Å². The van der Waals surface area contributed by atoms with Crippen LogP contribution in [0, 0.1) is 0 Å². The van der Waals surface area contributed by atoms with Gasteiger partial charge in [-0.2, -0.15) is 0 Å². The van der Waals surface area contributed by atoms with Gasteiger partial charge in [0.05, 0.1) is 6.54 Å². The van der Waals surface area contributed by atoms with Gasteiger partial charge in [0.1, 0.15) is 6.33 Å². The molecular formula is C17H25BrN6S. The fourth-order valence-electron chi connectivity index (χ4n) is 2.22. The van der Waals surface area contributed by atoms with Crippen LogP contribution in [-0.2, 0) is 13.1 Å². The molecule has 2 aromatic rings. The lowest BCUT2D eigenvalue weighted by atomic mass is 10.2. The second-order valence-electron chi connectivity index (χ2n) is 6.13. The average Bonchev–Trinajstić information content (AvgIpc) is 3.04. The normalized spacial score (nSPS) is 12.3. The predicted octanol–water partition coefficient (Wildman–Crippen LogP) is 3.30. The highest BCUT2D eigenvalue weighted by atomic mass is 79.9. The number of rotatable bonds is 7. The topological polar surface area (TPSA) is 67.1 Å². The first-order valence-electron chi connectivity index (χ1n) is 8.19. The molecule has 0 fully saturated rings. The van der Waals surface area contributed by atoms with Gasteiger partial charge in [0.2, 0.25) is 0 Å². The largest absolute Gasteiger partial charge is 0.355 e. The van der Waals surface area contributed by atoms with E-state index in [2.05, 4.69) is 86.8 Å². The lowest BCUT2D eigenvalue weighted by Gasteiger charge is -2.25. The van der Waals surface area contributed by atoms with Crippen molar-refractivity contribution in [3.8, 4) is 0 Å². The van der Waals surface area contributed by atoms with Gasteiger partial charge < -0.3 is 15.2 Å². The van der Waals surface area contributed by atoms with E-state index >= 15 is 0 Å². The fraction of sp³-hybridized carbons (Fsp3) is 0.471. The van der Waals surface area contributed by atoms with Crippen LogP contribution in [0.5, 0.6) is 0 Å². The second kappa shape index (κ2) is 9.24. The molecule has 136 valence electrons. The maximum absolute atomic E-state index is 4.29. The van der Waals surface area contributed by atoms with E-state index in [1.165, 1.54) is 4.90 Å². The van der Waals surface area contributed by atoms with Crippen LogP contribution < -0.4 is 10.6 Å².